The molecule has 0 spiro atoms. The summed E-state index contributed by atoms with van der Waals surface area (Å²) in [7, 11) is 0. The average molecular weight is 235 g/mol. The van der Waals surface area contributed by atoms with Gasteiger partial charge in [0.25, 0.3) is 0 Å². The summed E-state index contributed by atoms with van der Waals surface area (Å²) in [5, 5.41) is 3.58. The standard InChI is InChI=1S/C14H21NS/c1-4-8-13(15-11-5-2)12-9-6-7-10-14(12)16-3/h4,6-7,9-10,13,15H,1,5,8,11H2,2-3H3. The number of benzene rings is 1. The summed E-state index contributed by atoms with van der Waals surface area (Å²) in [6.45, 7) is 7.09. The highest BCUT2D eigenvalue weighted by Crippen LogP contribution is 2.27. The van der Waals surface area contributed by atoms with Crippen molar-refractivity contribution in [3.05, 3.63) is 42.5 Å². The summed E-state index contributed by atoms with van der Waals surface area (Å²) >= 11 is 1.81. The molecule has 88 valence electrons. The first kappa shape index (κ1) is 13.3. The van der Waals surface area contributed by atoms with Gasteiger partial charge in [0, 0.05) is 10.9 Å². The molecule has 0 fully saturated rings. The van der Waals surface area contributed by atoms with Crippen molar-refractivity contribution in [3.8, 4) is 0 Å². The Morgan fingerprint density at radius 2 is 2.19 bits per heavy atom. The molecule has 1 aromatic rings. The van der Waals surface area contributed by atoms with Crippen molar-refractivity contribution >= 4 is 11.8 Å². The zero-order valence-corrected chi connectivity index (χ0v) is 11.0. The van der Waals surface area contributed by atoms with Gasteiger partial charge < -0.3 is 5.32 Å². The van der Waals surface area contributed by atoms with Crippen LogP contribution < -0.4 is 5.32 Å². The van der Waals surface area contributed by atoms with Gasteiger partial charge >= 0.3 is 0 Å². The Balaban J connectivity index is 2.85. The van der Waals surface area contributed by atoms with E-state index in [-0.39, 0.29) is 0 Å². The maximum atomic E-state index is 3.84. The van der Waals surface area contributed by atoms with Crippen molar-refractivity contribution in [1.29, 1.82) is 0 Å². The van der Waals surface area contributed by atoms with Gasteiger partial charge in [-0.3, -0.25) is 0 Å². The van der Waals surface area contributed by atoms with Gasteiger partial charge in [-0.2, -0.15) is 0 Å². The molecule has 2 heteroatoms. The summed E-state index contributed by atoms with van der Waals surface area (Å²) in [6.07, 6.45) is 6.26. The summed E-state index contributed by atoms with van der Waals surface area (Å²) in [5.41, 5.74) is 1.39. The molecule has 0 amide bonds. The summed E-state index contributed by atoms with van der Waals surface area (Å²) < 4.78 is 0. The SMILES string of the molecule is C=CCC(NCCC)c1ccccc1SC. The van der Waals surface area contributed by atoms with Gasteiger partial charge in [-0.15, -0.1) is 18.3 Å². The van der Waals surface area contributed by atoms with E-state index < -0.39 is 0 Å². The molecule has 1 aromatic carbocycles. The zero-order chi connectivity index (χ0) is 11.8. The highest BCUT2D eigenvalue weighted by atomic mass is 32.2. The van der Waals surface area contributed by atoms with Crippen molar-refractivity contribution in [2.45, 2.75) is 30.7 Å². The van der Waals surface area contributed by atoms with Crippen molar-refractivity contribution < 1.29 is 0 Å². The molecule has 0 saturated heterocycles. The van der Waals surface area contributed by atoms with E-state index in [2.05, 4.69) is 49.3 Å². The number of rotatable bonds is 7. The molecule has 0 bridgehead atoms. The Labute approximate surface area is 103 Å². The van der Waals surface area contributed by atoms with Gasteiger partial charge in [-0.05, 0) is 37.3 Å². The second kappa shape index (κ2) is 7.53. The van der Waals surface area contributed by atoms with Gasteiger partial charge in [-0.25, -0.2) is 0 Å². The highest BCUT2D eigenvalue weighted by Gasteiger charge is 2.11. The lowest BCUT2D eigenvalue weighted by Gasteiger charge is -2.19. The van der Waals surface area contributed by atoms with E-state index in [1.54, 1.807) is 0 Å². The van der Waals surface area contributed by atoms with Crippen LogP contribution in [0.3, 0.4) is 0 Å². The highest BCUT2D eigenvalue weighted by molar-refractivity contribution is 7.98. The van der Waals surface area contributed by atoms with Crippen molar-refractivity contribution in [2.75, 3.05) is 12.8 Å². The maximum Gasteiger partial charge on any atom is 0.0365 e. The summed E-state index contributed by atoms with van der Waals surface area (Å²) in [6, 6.07) is 9.01. The van der Waals surface area contributed by atoms with Crippen molar-refractivity contribution in [2.24, 2.45) is 0 Å². The van der Waals surface area contributed by atoms with E-state index in [0.29, 0.717) is 6.04 Å². The first-order valence-corrected chi connectivity index (χ1v) is 7.03. The first-order valence-electron chi connectivity index (χ1n) is 5.80. The smallest absolute Gasteiger partial charge is 0.0365 e. The molecule has 1 rings (SSSR count). The van der Waals surface area contributed by atoms with Crippen LogP contribution in [0, 0.1) is 0 Å². The molecule has 1 unspecified atom stereocenters. The van der Waals surface area contributed by atoms with E-state index in [9.17, 15) is 0 Å². The lowest BCUT2D eigenvalue weighted by Crippen LogP contribution is -2.22. The normalized spacial score (nSPS) is 12.4. The van der Waals surface area contributed by atoms with Crippen LogP contribution in [0.25, 0.3) is 0 Å². The van der Waals surface area contributed by atoms with Gasteiger partial charge in [0.15, 0.2) is 0 Å². The maximum absolute atomic E-state index is 3.84. The molecular weight excluding hydrogens is 214 g/mol. The van der Waals surface area contributed by atoms with Crippen LogP contribution in [0.2, 0.25) is 0 Å². The molecule has 0 aromatic heterocycles. The predicted octanol–water partition coefficient (Wildman–Crippen LogP) is 4.03. The lowest BCUT2D eigenvalue weighted by atomic mass is 10.0. The second-order valence-electron chi connectivity index (χ2n) is 3.77. The first-order chi connectivity index (χ1) is 7.83. The Kier molecular flexibility index (Phi) is 6.27. The van der Waals surface area contributed by atoms with Crippen LogP contribution >= 0.6 is 11.8 Å². The molecule has 0 saturated carbocycles. The fourth-order valence-corrected chi connectivity index (χ4v) is 2.42. The fraction of sp³-hybridized carbons (Fsp3) is 0.429. The Morgan fingerprint density at radius 1 is 1.44 bits per heavy atom. The molecule has 1 atom stereocenters. The van der Waals surface area contributed by atoms with E-state index in [4.69, 9.17) is 0 Å². The molecule has 1 nitrogen and oxygen atoms in total. The Bertz CT molecular complexity index is 322. The number of hydrogen-bond donors (Lipinski definition) is 1. The van der Waals surface area contributed by atoms with E-state index in [1.807, 2.05) is 17.8 Å². The molecule has 0 heterocycles. The molecule has 0 aliphatic rings. The van der Waals surface area contributed by atoms with E-state index >= 15 is 0 Å². The molecule has 0 aliphatic carbocycles. The monoisotopic (exact) mass is 235 g/mol. The summed E-state index contributed by atoms with van der Waals surface area (Å²) in [4.78, 5) is 1.36. The van der Waals surface area contributed by atoms with Crippen LogP contribution in [-0.2, 0) is 0 Å². The van der Waals surface area contributed by atoms with Crippen LogP contribution in [0.5, 0.6) is 0 Å². The lowest BCUT2D eigenvalue weighted by molar-refractivity contribution is 0.530. The van der Waals surface area contributed by atoms with Gasteiger partial charge in [0.1, 0.15) is 0 Å². The Morgan fingerprint density at radius 3 is 2.81 bits per heavy atom. The Hall–Kier alpha value is -0.730. The van der Waals surface area contributed by atoms with Crippen molar-refractivity contribution in [3.63, 3.8) is 0 Å². The topological polar surface area (TPSA) is 12.0 Å². The zero-order valence-electron chi connectivity index (χ0n) is 10.2. The van der Waals surface area contributed by atoms with E-state index in [1.165, 1.54) is 10.5 Å². The molecule has 0 radical (unpaired) electrons. The number of thioether (sulfide) groups is 1. The molecular formula is C14H21NS. The number of nitrogens with one attached hydrogen (secondary N) is 1. The predicted molar refractivity (Wildman–Crippen MR) is 74.1 cm³/mol. The van der Waals surface area contributed by atoms with Crippen LogP contribution in [-0.4, -0.2) is 12.8 Å². The average Bonchev–Trinajstić information content (AvgIpc) is 2.34. The van der Waals surface area contributed by atoms with E-state index in [0.717, 1.165) is 19.4 Å². The quantitative estimate of drug-likeness (QED) is 0.566. The van der Waals surface area contributed by atoms with Gasteiger partial charge in [-0.1, -0.05) is 31.2 Å². The van der Waals surface area contributed by atoms with Crippen molar-refractivity contribution in [1.82, 2.24) is 5.32 Å². The molecule has 1 N–H and O–H groups in total. The summed E-state index contributed by atoms with van der Waals surface area (Å²) in [5.74, 6) is 0. The molecule has 16 heavy (non-hydrogen) atoms. The van der Waals surface area contributed by atoms with Crippen LogP contribution in [0.1, 0.15) is 31.4 Å². The third kappa shape index (κ3) is 3.69. The minimum Gasteiger partial charge on any atom is -0.310 e. The van der Waals surface area contributed by atoms with Crippen LogP contribution in [0.4, 0.5) is 0 Å². The third-order valence-electron chi connectivity index (χ3n) is 2.56. The number of hydrogen-bond acceptors (Lipinski definition) is 2. The van der Waals surface area contributed by atoms with Gasteiger partial charge in [0.2, 0.25) is 0 Å². The minimum atomic E-state index is 0.404. The van der Waals surface area contributed by atoms with Gasteiger partial charge in [0.05, 0.1) is 0 Å². The second-order valence-corrected chi connectivity index (χ2v) is 4.62. The fourth-order valence-electron chi connectivity index (χ4n) is 1.76. The largest absolute Gasteiger partial charge is 0.310 e. The third-order valence-corrected chi connectivity index (χ3v) is 3.37. The van der Waals surface area contributed by atoms with Crippen LogP contribution in [0.15, 0.2) is 41.8 Å². The minimum absolute atomic E-state index is 0.404. The molecule has 0 aliphatic heterocycles.